The molecule has 0 aliphatic rings. The first-order chi connectivity index (χ1) is 8.44. The van der Waals surface area contributed by atoms with Gasteiger partial charge in [-0.05, 0) is 34.1 Å². The fourth-order valence-corrected chi connectivity index (χ4v) is 2.65. The summed E-state index contributed by atoms with van der Waals surface area (Å²) >= 11 is 9.52. The predicted octanol–water partition coefficient (Wildman–Crippen LogP) is 3.52. The van der Waals surface area contributed by atoms with Crippen molar-refractivity contribution < 1.29 is 0 Å². The molecule has 3 nitrogen and oxygen atoms in total. The molecule has 0 radical (unpaired) electrons. The van der Waals surface area contributed by atoms with E-state index in [2.05, 4.69) is 34.9 Å². The number of nitrogens with two attached hydrogens (primary N) is 1. The van der Waals surface area contributed by atoms with E-state index < -0.39 is 0 Å². The van der Waals surface area contributed by atoms with Crippen LogP contribution in [0, 0.1) is 0 Å². The molecule has 18 heavy (non-hydrogen) atoms. The second kappa shape index (κ2) is 5.03. The maximum absolute atomic E-state index is 5.99. The molecule has 0 atom stereocenters. The second-order valence-electron chi connectivity index (χ2n) is 4.84. The summed E-state index contributed by atoms with van der Waals surface area (Å²) in [6.07, 6.45) is 1.93. The van der Waals surface area contributed by atoms with Crippen LogP contribution < -0.4 is 5.73 Å². The van der Waals surface area contributed by atoms with E-state index >= 15 is 0 Å². The lowest BCUT2D eigenvalue weighted by atomic mass is 9.90. The van der Waals surface area contributed by atoms with Crippen molar-refractivity contribution in [1.29, 1.82) is 0 Å². The van der Waals surface area contributed by atoms with Gasteiger partial charge in [0.05, 0.1) is 15.9 Å². The van der Waals surface area contributed by atoms with Gasteiger partial charge in [-0.25, -0.2) is 4.68 Å². The Labute approximate surface area is 120 Å². The van der Waals surface area contributed by atoms with Crippen LogP contribution in [0.25, 0.3) is 5.69 Å². The van der Waals surface area contributed by atoms with Crippen LogP contribution in [0.1, 0.15) is 19.5 Å². The van der Waals surface area contributed by atoms with Crippen molar-refractivity contribution in [2.24, 2.45) is 5.73 Å². The third-order valence-corrected chi connectivity index (χ3v) is 3.71. The molecule has 96 valence electrons. The van der Waals surface area contributed by atoms with Crippen LogP contribution in [0.4, 0.5) is 0 Å². The number of nitrogens with zero attached hydrogens (tertiary/aromatic N) is 2. The van der Waals surface area contributed by atoms with Crippen LogP contribution in [-0.2, 0) is 5.41 Å². The molecule has 0 unspecified atom stereocenters. The highest BCUT2D eigenvalue weighted by Gasteiger charge is 2.25. The molecule has 1 heterocycles. The monoisotopic (exact) mass is 327 g/mol. The fourth-order valence-electron chi connectivity index (χ4n) is 1.66. The minimum atomic E-state index is -0.164. The Balaban J connectivity index is 2.47. The van der Waals surface area contributed by atoms with Gasteiger partial charge in [-0.15, -0.1) is 0 Å². The first-order valence-corrected chi connectivity index (χ1v) is 6.83. The van der Waals surface area contributed by atoms with E-state index in [0.29, 0.717) is 11.6 Å². The summed E-state index contributed by atoms with van der Waals surface area (Å²) in [5, 5.41) is 5.29. The van der Waals surface area contributed by atoms with E-state index in [0.717, 1.165) is 15.9 Å². The van der Waals surface area contributed by atoms with Crippen molar-refractivity contribution in [3.8, 4) is 5.69 Å². The third-order valence-electron chi connectivity index (χ3n) is 2.89. The SMILES string of the molecule is CC(C)(CN)c1nn(-c2cccc(Cl)c2)cc1Br. The van der Waals surface area contributed by atoms with Crippen LogP contribution in [-0.4, -0.2) is 16.3 Å². The Morgan fingerprint density at radius 3 is 2.78 bits per heavy atom. The van der Waals surface area contributed by atoms with Crippen molar-refractivity contribution in [3.05, 3.63) is 45.7 Å². The molecule has 5 heteroatoms. The van der Waals surface area contributed by atoms with Crippen molar-refractivity contribution in [2.75, 3.05) is 6.54 Å². The zero-order valence-electron chi connectivity index (χ0n) is 10.3. The largest absolute Gasteiger partial charge is 0.330 e. The summed E-state index contributed by atoms with van der Waals surface area (Å²) in [5.41, 5.74) is 7.51. The maximum Gasteiger partial charge on any atom is 0.0839 e. The Hall–Kier alpha value is -0.840. The highest BCUT2D eigenvalue weighted by atomic mass is 79.9. The zero-order valence-corrected chi connectivity index (χ0v) is 12.7. The van der Waals surface area contributed by atoms with Crippen LogP contribution in [0.15, 0.2) is 34.9 Å². The third kappa shape index (κ3) is 2.60. The maximum atomic E-state index is 5.99. The molecule has 1 aromatic carbocycles. The zero-order chi connectivity index (χ0) is 13.3. The van der Waals surface area contributed by atoms with Gasteiger partial charge in [0, 0.05) is 23.2 Å². The van der Waals surface area contributed by atoms with E-state index in [-0.39, 0.29) is 5.41 Å². The van der Waals surface area contributed by atoms with Gasteiger partial charge in [0.2, 0.25) is 0 Å². The highest BCUT2D eigenvalue weighted by molar-refractivity contribution is 9.10. The topological polar surface area (TPSA) is 43.8 Å². The average molecular weight is 329 g/mol. The van der Waals surface area contributed by atoms with Gasteiger partial charge in [-0.2, -0.15) is 5.10 Å². The van der Waals surface area contributed by atoms with Crippen LogP contribution in [0.5, 0.6) is 0 Å². The van der Waals surface area contributed by atoms with E-state index in [1.165, 1.54) is 0 Å². The van der Waals surface area contributed by atoms with Gasteiger partial charge in [0.1, 0.15) is 0 Å². The van der Waals surface area contributed by atoms with Gasteiger partial charge in [0.25, 0.3) is 0 Å². The fraction of sp³-hybridized carbons (Fsp3) is 0.308. The van der Waals surface area contributed by atoms with E-state index in [1.807, 2.05) is 35.1 Å². The molecule has 0 fully saturated rings. The Bertz CT molecular complexity index is 563. The number of rotatable bonds is 3. The summed E-state index contributed by atoms with van der Waals surface area (Å²) in [4.78, 5) is 0. The number of hydrogen-bond donors (Lipinski definition) is 1. The average Bonchev–Trinajstić information content (AvgIpc) is 2.72. The number of halogens is 2. The minimum absolute atomic E-state index is 0.164. The summed E-state index contributed by atoms with van der Waals surface area (Å²) in [5.74, 6) is 0. The lowest BCUT2D eigenvalue weighted by Gasteiger charge is -2.20. The molecule has 1 aromatic heterocycles. The number of aromatic nitrogens is 2. The number of benzene rings is 1. The Morgan fingerprint density at radius 1 is 1.44 bits per heavy atom. The molecular weight excluding hydrogens is 314 g/mol. The Kier molecular flexibility index (Phi) is 3.80. The molecule has 0 aliphatic carbocycles. The summed E-state index contributed by atoms with van der Waals surface area (Å²) < 4.78 is 2.76. The van der Waals surface area contributed by atoms with Gasteiger partial charge in [0.15, 0.2) is 0 Å². The molecule has 0 aliphatic heterocycles. The normalized spacial score (nSPS) is 11.8. The van der Waals surface area contributed by atoms with Gasteiger partial charge in [-0.3, -0.25) is 0 Å². The van der Waals surface area contributed by atoms with Crippen LogP contribution in [0.3, 0.4) is 0 Å². The lowest BCUT2D eigenvalue weighted by molar-refractivity contribution is 0.513. The van der Waals surface area contributed by atoms with E-state index in [1.54, 1.807) is 0 Å². The molecule has 0 bridgehead atoms. The molecule has 0 spiro atoms. The smallest absolute Gasteiger partial charge is 0.0839 e. The van der Waals surface area contributed by atoms with Crippen molar-refractivity contribution >= 4 is 27.5 Å². The quantitative estimate of drug-likeness (QED) is 0.937. The molecule has 0 amide bonds. The first kappa shape index (κ1) is 13.6. The van der Waals surface area contributed by atoms with Crippen LogP contribution in [0.2, 0.25) is 5.02 Å². The predicted molar refractivity (Wildman–Crippen MR) is 78.4 cm³/mol. The van der Waals surface area contributed by atoms with E-state index in [9.17, 15) is 0 Å². The van der Waals surface area contributed by atoms with Crippen molar-refractivity contribution in [2.45, 2.75) is 19.3 Å². The van der Waals surface area contributed by atoms with Crippen molar-refractivity contribution in [3.63, 3.8) is 0 Å². The van der Waals surface area contributed by atoms with Crippen molar-refractivity contribution in [1.82, 2.24) is 9.78 Å². The van der Waals surface area contributed by atoms with Gasteiger partial charge >= 0.3 is 0 Å². The van der Waals surface area contributed by atoms with Gasteiger partial charge < -0.3 is 5.73 Å². The summed E-state index contributed by atoms with van der Waals surface area (Å²) in [7, 11) is 0. The summed E-state index contributed by atoms with van der Waals surface area (Å²) in [6.45, 7) is 4.68. The molecule has 2 aromatic rings. The standard InChI is InChI=1S/C13H15BrClN3/c1-13(2,8-16)12-11(14)7-18(17-12)10-5-3-4-9(15)6-10/h3-7H,8,16H2,1-2H3. The highest BCUT2D eigenvalue weighted by Crippen LogP contribution is 2.29. The first-order valence-electron chi connectivity index (χ1n) is 5.66. The lowest BCUT2D eigenvalue weighted by Crippen LogP contribution is -2.29. The Morgan fingerprint density at radius 2 is 2.17 bits per heavy atom. The minimum Gasteiger partial charge on any atom is -0.330 e. The number of hydrogen-bond acceptors (Lipinski definition) is 2. The molecule has 0 saturated heterocycles. The van der Waals surface area contributed by atoms with Gasteiger partial charge in [-0.1, -0.05) is 31.5 Å². The molecule has 2 N–H and O–H groups in total. The van der Waals surface area contributed by atoms with E-state index in [4.69, 9.17) is 17.3 Å². The van der Waals surface area contributed by atoms with Crippen LogP contribution >= 0.6 is 27.5 Å². The molecular formula is C13H15BrClN3. The molecule has 2 rings (SSSR count). The summed E-state index contributed by atoms with van der Waals surface area (Å²) in [6, 6.07) is 7.58. The molecule has 0 saturated carbocycles. The second-order valence-corrected chi connectivity index (χ2v) is 6.13.